The first-order valence-electron chi connectivity index (χ1n) is 10.8. The van der Waals surface area contributed by atoms with E-state index < -0.39 is 5.20 Å². The zero-order chi connectivity index (χ0) is 28.5. The first-order chi connectivity index (χ1) is 18.3. The van der Waals surface area contributed by atoms with Gasteiger partial charge in [-0.05, 0) is 84.0 Å². The number of benzene rings is 2. The Bertz CT molecular complexity index is 1990. The number of Topliss-reactive ketones (excluding diaryl/α,β-unsaturated/α-hetero) is 2. The largest absolute Gasteiger partial charge is 0.339 e. The number of hydrogen-bond acceptors (Lipinski definition) is 9. The molecule has 39 heavy (non-hydrogen) atoms. The van der Waals surface area contributed by atoms with E-state index in [1.807, 2.05) is 24.3 Å². The fraction of sp³-hybridized carbons (Fsp3) is 0.0833. The Balaban J connectivity index is 0.000000155. The molecular formula is C24H15Cl4N4O4PS2. The zero-order valence-electron chi connectivity index (χ0n) is 19.9. The summed E-state index contributed by atoms with van der Waals surface area (Å²) >= 11 is 22.9. The van der Waals surface area contributed by atoms with Crippen molar-refractivity contribution in [2.24, 2.45) is 0 Å². The van der Waals surface area contributed by atoms with E-state index in [0.29, 0.717) is 26.5 Å². The van der Waals surface area contributed by atoms with E-state index in [0.717, 1.165) is 30.4 Å². The van der Waals surface area contributed by atoms with E-state index >= 15 is 0 Å². The molecule has 2 aromatic carbocycles. The van der Waals surface area contributed by atoms with Gasteiger partial charge in [-0.3, -0.25) is 18.9 Å². The third-order valence-corrected chi connectivity index (χ3v) is 7.75. The Labute approximate surface area is 247 Å². The Morgan fingerprint density at radius 2 is 1.31 bits per heavy atom. The maximum absolute atomic E-state index is 11.8. The van der Waals surface area contributed by atoms with Gasteiger partial charge in [0.25, 0.3) is 5.56 Å². The predicted molar refractivity (Wildman–Crippen MR) is 163 cm³/mol. The standard InChI is InChI=1S/C12H7ClN2OS.C12H8N2O2S.Cl3OP/c1-6(16)7-2-3-9-8(4-7)10-11(13)14-5-15-12(10)17-9;1-6(15)7-2-3-9-8(4-7)10-11(16)13-5-14-12(10)17-9;1-5(2,3)4/h2-5H,1H3;2-5H,1H3,(H,13,14,16);. The van der Waals surface area contributed by atoms with Crippen LogP contribution in [0, 0.1) is 0 Å². The van der Waals surface area contributed by atoms with Crippen LogP contribution in [0.1, 0.15) is 34.6 Å². The highest BCUT2D eigenvalue weighted by Crippen LogP contribution is 2.61. The molecule has 0 saturated heterocycles. The highest BCUT2D eigenvalue weighted by Gasteiger charge is 2.12. The Morgan fingerprint density at radius 1 is 0.821 bits per heavy atom. The first-order valence-corrected chi connectivity index (χ1v) is 17.2. The van der Waals surface area contributed by atoms with Crippen molar-refractivity contribution in [1.29, 1.82) is 0 Å². The van der Waals surface area contributed by atoms with Gasteiger partial charge in [-0.15, -0.1) is 22.7 Å². The molecule has 6 aromatic rings. The summed E-state index contributed by atoms with van der Waals surface area (Å²) in [5.41, 5.74) is 1.12. The van der Waals surface area contributed by atoms with Crippen LogP contribution < -0.4 is 5.56 Å². The highest BCUT2D eigenvalue weighted by atomic mass is 36.0. The van der Waals surface area contributed by atoms with Crippen molar-refractivity contribution < 1.29 is 14.2 Å². The summed E-state index contributed by atoms with van der Waals surface area (Å²) in [5.74, 6) is 0.0331. The molecule has 0 aliphatic rings. The van der Waals surface area contributed by atoms with Gasteiger partial charge in [-0.1, -0.05) is 11.6 Å². The van der Waals surface area contributed by atoms with Crippen molar-refractivity contribution in [2.75, 3.05) is 0 Å². The zero-order valence-corrected chi connectivity index (χ0v) is 25.4. The van der Waals surface area contributed by atoms with Crippen molar-refractivity contribution in [3.05, 3.63) is 75.7 Å². The Morgan fingerprint density at radius 3 is 1.82 bits per heavy atom. The second kappa shape index (κ2) is 12.0. The fourth-order valence-corrected chi connectivity index (χ4v) is 5.97. The number of thiophene rings is 2. The monoisotopic (exact) mass is 658 g/mol. The van der Waals surface area contributed by atoms with Crippen molar-refractivity contribution in [1.82, 2.24) is 19.9 Å². The molecule has 0 fully saturated rings. The summed E-state index contributed by atoms with van der Waals surface area (Å²) in [7, 11) is 0. The minimum absolute atomic E-state index is 0.00781. The lowest BCUT2D eigenvalue weighted by molar-refractivity contribution is 0.100. The molecule has 4 heterocycles. The molecule has 0 spiro atoms. The number of carbonyl (C=O) groups is 2. The highest BCUT2D eigenvalue weighted by molar-refractivity contribution is 8.24. The molecule has 0 unspecified atom stereocenters. The second-order valence-electron chi connectivity index (χ2n) is 7.89. The van der Waals surface area contributed by atoms with E-state index in [1.54, 1.807) is 30.4 Å². The SMILES string of the molecule is CC(=O)c1ccc2sc3nc[nH]c(=O)c3c2c1.CC(=O)c1ccc2sc3ncnc(Cl)c3c2c1.O=P(Cl)(Cl)Cl. The normalized spacial score (nSPS) is 11.2. The van der Waals surface area contributed by atoms with Gasteiger partial charge in [0.2, 0.25) is 0 Å². The Kier molecular flexibility index (Phi) is 9.08. The molecule has 0 aliphatic carbocycles. The lowest BCUT2D eigenvalue weighted by atomic mass is 10.1. The third kappa shape index (κ3) is 7.02. The number of halogens is 4. The fourth-order valence-electron chi connectivity index (χ4n) is 3.63. The quantitative estimate of drug-likeness (QED) is 0.112. The lowest BCUT2D eigenvalue weighted by Gasteiger charge is -1.96. The van der Waals surface area contributed by atoms with E-state index in [9.17, 15) is 18.9 Å². The van der Waals surface area contributed by atoms with Crippen LogP contribution in [0.2, 0.25) is 5.15 Å². The van der Waals surface area contributed by atoms with E-state index in [4.69, 9.17) is 11.6 Å². The predicted octanol–water partition coefficient (Wildman–Crippen LogP) is 8.85. The maximum Gasteiger partial charge on any atom is 0.339 e. The van der Waals surface area contributed by atoms with Gasteiger partial charge < -0.3 is 4.98 Å². The summed E-state index contributed by atoms with van der Waals surface area (Å²) in [5, 5.41) is 0.352. The van der Waals surface area contributed by atoms with Crippen LogP contribution in [0.5, 0.6) is 0 Å². The molecule has 0 saturated carbocycles. The first kappa shape index (κ1) is 29.6. The number of aromatic amines is 1. The maximum atomic E-state index is 11.8. The average Bonchev–Trinajstić information content (AvgIpc) is 3.42. The summed E-state index contributed by atoms with van der Waals surface area (Å²) in [6, 6.07) is 11.0. The molecule has 15 heteroatoms. The van der Waals surface area contributed by atoms with Crippen molar-refractivity contribution >= 4 is 125 Å². The van der Waals surface area contributed by atoms with Gasteiger partial charge in [0.05, 0.1) is 17.1 Å². The minimum atomic E-state index is -3.22. The topological polar surface area (TPSA) is 123 Å². The molecule has 0 bridgehead atoms. The van der Waals surface area contributed by atoms with E-state index in [2.05, 4.69) is 53.7 Å². The number of nitrogens with zero attached hydrogens (tertiary/aromatic N) is 3. The van der Waals surface area contributed by atoms with Gasteiger partial charge in [0.15, 0.2) is 11.6 Å². The minimum Gasteiger partial charge on any atom is -0.313 e. The molecule has 8 nitrogen and oxygen atoms in total. The molecule has 1 N–H and O–H groups in total. The van der Waals surface area contributed by atoms with Gasteiger partial charge in [-0.25, -0.2) is 15.0 Å². The number of H-pyrrole nitrogens is 1. The van der Waals surface area contributed by atoms with Crippen molar-refractivity contribution in [2.45, 2.75) is 13.8 Å². The molecule has 200 valence electrons. The van der Waals surface area contributed by atoms with Crippen LogP contribution in [0.3, 0.4) is 0 Å². The lowest BCUT2D eigenvalue weighted by Crippen LogP contribution is -2.04. The third-order valence-electron chi connectivity index (χ3n) is 5.31. The Hall–Kier alpha value is -2.43. The van der Waals surface area contributed by atoms with Crippen LogP contribution in [0.25, 0.3) is 40.6 Å². The summed E-state index contributed by atoms with van der Waals surface area (Å²) in [6.45, 7) is 3.06. The van der Waals surface area contributed by atoms with Crippen molar-refractivity contribution in [3.8, 4) is 0 Å². The van der Waals surface area contributed by atoms with Gasteiger partial charge in [0, 0.05) is 31.3 Å². The van der Waals surface area contributed by atoms with Crippen LogP contribution >= 0.6 is 73.2 Å². The summed E-state index contributed by atoms with van der Waals surface area (Å²) in [4.78, 5) is 50.9. The smallest absolute Gasteiger partial charge is 0.313 e. The number of aromatic nitrogens is 4. The van der Waals surface area contributed by atoms with Crippen LogP contribution in [0.15, 0.2) is 53.8 Å². The van der Waals surface area contributed by atoms with Gasteiger partial charge in [0.1, 0.15) is 21.1 Å². The number of hydrogen-bond donors (Lipinski definition) is 1. The van der Waals surface area contributed by atoms with Crippen LogP contribution in [-0.2, 0) is 4.57 Å². The number of rotatable bonds is 2. The molecular weight excluding hydrogens is 645 g/mol. The van der Waals surface area contributed by atoms with Crippen LogP contribution in [0.4, 0.5) is 0 Å². The number of fused-ring (bicyclic) bond motifs is 6. The molecule has 4 aromatic heterocycles. The summed E-state index contributed by atoms with van der Waals surface area (Å²) < 4.78 is 11.5. The second-order valence-corrected chi connectivity index (χ2v) is 17.0. The molecule has 0 amide bonds. The number of ketones is 2. The molecule has 6 rings (SSSR count). The molecule has 0 radical (unpaired) electrons. The number of nitrogens with one attached hydrogen (secondary N) is 1. The summed E-state index contributed by atoms with van der Waals surface area (Å²) in [6.07, 6.45) is 2.85. The van der Waals surface area contributed by atoms with E-state index in [1.165, 1.54) is 30.9 Å². The van der Waals surface area contributed by atoms with Crippen LogP contribution in [-0.4, -0.2) is 31.5 Å². The molecule has 0 atom stereocenters. The number of carbonyl (C=O) groups excluding carboxylic acids is 2. The average molecular weight is 660 g/mol. The molecule has 0 aliphatic heterocycles. The van der Waals surface area contributed by atoms with E-state index in [-0.39, 0.29) is 17.1 Å². The van der Waals surface area contributed by atoms with Crippen molar-refractivity contribution in [3.63, 3.8) is 0 Å². The van der Waals surface area contributed by atoms with Gasteiger partial charge in [-0.2, -0.15) is 0 Å². The van der Waals surface area contributed by atoms with Gasteiger partial charge >= 0.3 is 5.20 Å².